The van der Waals surface area contributed by atoms with E-state index in [1.54, 1.807) is 24.0 Å². The van der Waals surface area contributed by atoms with Gasteiger partial charge in [-0.1, -0.05) is 35.0 Å². The van der Waals surface area contributed by atoms with Crippen LogP contribution >= 0.6 is 23.4 Å². The third-order valence-electron chi connectivity index (χ3n) is 5.97. The summed E-state index contributed by atoms with van der Waals surface area (Å²) < 4.78 is 0. The summed E-state index contributed by atoms with van der Waals surface area (Å²) in [6.45, 7) is 4.17. The molecule has 3 heterocycles. The minimum absolute atomic E-state index is 0.296. The summed E-state index contributed by atoms with van der Waals surface area (Å²) >= 11 is 7.57. The van der Waals surface area contributed by atoms with Crippen LogP contribution in [0.25, 0.3) is 0 Å². The van der Waals surface area contributed by atoms with E-state index in [1.165, 1.54) is 43.9 Å². The Morgan fingerprint density at radius 1 is 1.18 bits per heavy atom. The number of halogens is 1. The molecule has 4 N–H and O–H groups in total. The van der Waals surface area contributed by atoms with Gasteiger partial charge in [0.1, 0.15) is 16.7 Å². The highest BCUT2D eigenvalue weighted by Crippen LogP contribution is 2.49. The van der Waals surface area contributed by atoms with E-state index in [0.717, 1.165) is 23.8 Å². The second-order valence-corrected chi connectivity index (χ2v) is 9.05. The molecule has 0 aromatic carbocycles. The van der Waals surface area contributed by atoms with Gasteiger partial charge in [-0.3, -0.25) is 0 Å². The summed E-state index contributed by atoms with van der Waals surface area (Å²) in [6.07, 6.45) is 12.0. The smallest absolute Gasteiger partial charge is 0.158 e. The number of nitrogens with zero attached hydrogens (tertiary/aromatic N) is 4. The van der Waals surface area contributed by atoms with Crippen molar-refractivity contribution in [3.05, 3.63) is 35.1 Å². The maximum absolute atomic E-state index is 6.22. The summed E-state index contributed by atoms with van der Waals surface area (Å²) in [7, 11) is 0. The maximum atomic E-state index is 6.22. The minimum Gasteiger partial charge on any atom is -0.382 e. The van der Waals surface area contributed by atoms with E-state index >= 15 is 0 Å². The van der Waals surface area contributed by atoms with Crippen molar-refractivity contribution in [1.29, 1.82) is 0 Å². The van der Waals surface area contributed by atoms with E-state index in [-0.39, 0.29) is 0 Å². The molecule has 6 nitrogen and oxygen atoms in total. The summed E-state index contributed by atoms with van der Waals surface area (Å²) in [6, 6.07) is 1.79. The number of aromatic nitrogens is 3. The van der Waals surface area contributed by atoms with E-state index in [0.29, 0.717) is 27.1 Å². The van der Waals surface area contributed by atoms with Crippen molar-refractivity contribution in [2.24, 2.45) is 5.41 Å². The van der Waals surface area contributed by atoms with Crippen molar-refractivity contribution >= 4 is 40.8 Å². The molecule has 28 heavy (non-hydrogen) atoms. The molecule has 1 spiro atoms. The molecule has 0 bridgehead atoms. The van der Waals surface area contributed by atoms with Crippen molar-refractivity contribution < 1.29 is 0 Å². The first-order valence-electron chi connectivity index (χ1n) is 9.59. The van der Waals surface area contributed by atoms with Crippen LogP contribution in [-0.2, 0) is 0 Å². The number of pyridine rings is 1. The maximum Gasteiger partial charge on any atom is 0.158 e. The van der Waals surface area contributed by atoms with Gasteiger partial charge >= 0.3 is 0 Å². The fourth-order valence-electron chi connectivity index (χ4n) is 4.21. The highest BCUT2D eigenvalue weighted by Gasteiger charge is 2.39. The quantitative estimate of drug-likeness (QED) is 0.708. The van der Waals surface area contributed by atoms with Gasteiger partial charge in [0.15, 0.2) is 5.82 Å². The Labute approximate surface area is 174 Å². The number of nitrogen functional groups attached to an aromatic ring is 2. The molecule has 1 saturated heterocycles. The fourth-order valence-corrected chi connectivity index (χ4v) is 5.22. The number of hydrogen-bond donors (Lipinski definition) is 2. The average Bonchev–Trinajstić information content (AvgIpc) is 3.10. The Hall–Kier alpha value is -1.99. The SMILES string of the molecule is C/C=C1\CCC2(CCN(c3cnc(Sc4ccnc(N)c4Cl)c(N)n3)CC2)C1. The largest absolute Gasteiger partial charge is 0.382 e. The average molecular weight is 417 g/mol. The molecule has 1 aliphatic heterocycles. The first-order valence-corrected chi connectivity index (χ1v) is 10.8. The molecule has 2 aromatic rings. The van der Waals surface area contributed by atoms with Gasteiger partial charge in [-0.05, 0) is 50.5 Å². The molecular weight excluding hydrogens is 392 g/mol. The molecule has 2 fully saturated rings. The fraction of sp³-hybridized carbons (Fsp3) is 0.450. The Kier molecular flexibility index (Phi) is 5.38. The normalized spacial score (nSPS) is 20.2. The first-order chi connectivity index (χ1) is 13.5. The molecule has 4 rings (SSSR count). The molecule has 8 heteroatoms. The topological polar surface area (TPSA) is 94.0 Å². The molecule has 0 atom stereocenters. The van der Waals surface area contributed by atoms with Gasteiger partial charge in [-0.15, -0.1) is 0 Å². The van der Waals surface area contributed by atoms with Crippen LogP contribution in [0.4, 0.5) is 17.5 Å². The van der Waals surface area contributed by atoms with Crippen LogP contribution in [0, 0.1) is 5.41 Å². The molecule has 0 amide bonds. The van der Waals surface area contributed by atoms with Crippen molar-refractivity contribution in [3.63, 3.8) is 0 Å². The lowest BCUT2D eigenvalue weighted by Crippen LogP contribution is -2.39. The lowest BCUT2D eigenvalue weighted by molar-refractivity contribution is 0.230. The summed E-state index contributed by atoms with van der Waals surface area (Å²) in [5.41, 5.74) is 14.1. The zero-order chi connectivity index (χ0) is 19.7. The predicted octanol–water partition coefficient (Wildman–Crippen LogP) is 4.56. The first kappa shape index (κ1) is 19.3. The lowest BCUT2D eigenvalue weighted by Gasteiger charge is -2.39. The van der Waals surface area contributed by atoms with Crippen LogP contribution in [0.5, 0.6) is 0 Å². The number of allylic oxidation sites excluding steroid dienone is 2. The van der Waals surface area contributed by atoms with Crippen molar-refractivity contribution in [2.45, 2.75) is 48.9 Å². The summed E-state index contributed by atoms with van der Waals surface area (Å²) in [5, 5.41) is 1.04. The van der Waals surface area contributed by atoms with Gasteiger partial charge in [0.2, 0.25) is 0 Å². The van der Waals surface area contributed by atoms with Crippen molar-refractivity contribution in [3.8, 4) is 0 Å². The van der Waals surface area contributed by atoms with Gasteiger partial charge in [-0.25, -0.2) is 15.0 Å². The standard InChI is InChI=1S/C20H25ClN6S/c1-2-13-3-5-20(11-13)6-9-27(10-7-20)15-12-25-19(18(23)26-15)28-14-4-8-24-17(22)16(14)21/h2,4,8,12H,3,5-7,9-11H2,1H3,(H2,22,24)(H2,23,26)/b13-2+. The minimum atomic E-state index is 0.296. The van der Waals surface area contributed by atoms with Crippen molar-refractivity contribution in [2.75, 3.05) is 29.5 Å². The molecular formula is C20H25ClN6S. The van der Waals surface area contributed by atoms with Crippen LogP contribution in [0.15, 0.2) is 40.0 Å². The highest BCUT2D eigenvalue weighted by atomic mass is 35.5. The van der Waals surface area contributed by atoms with Gasteiger partial charge in [0, 0.05) is 24.2 Å². The molecule has 2 aliphatic rings. The third-order valence-corrected chi connectivity index (χ3v) is 7.55. The van der Waals surface area contributed by atoms with E-state index in [2.05, 4.69) is 32.9 Å². The molecule has 2 aromatic heterocycles. The summed E-state index contributed by atoms with van der Waals surface area (Å²) in [4.78, 5) is 16.2. The van der Waals surface area contributed by atoms with Crippen LogP contribution in [0.3, 0.4) is 0 Å². The van der Waals surface area contributed by atoms with Crippen LogP contribution in [-0.4, -0.2) is 28.0 Å². The Morgan fingerprint density at radius 2 is 1.96 bits per heavy atom. The van der Waals surface area contributed by atoms with E-state index < -0.39 is 0 Å². The number of anilines is 3. The highest BCUT2D eigenvalue weighted by molar-refractivity contribution is 7.99. The Balaban J connectivity index is 1.45. The molecule has 0 radical (unpaired) electrons. The molecule has 0 unspecified atom stereocenters. The lowest BCUT2D eigenvalue weighted by atomic mass is 9.77. The van der Waals surface area contributed by atoms with Crippen LogP contribution in [0.1, 0.15) is 39.0 Å². The van der Waals surface area contributed by atoms with Crippen LogP contribution in [0.2, 0.25) is 5.02 Å². The van der Waals surface area contributed by atoms with E-state index in [9.17, 15) is 0 Å². The second kappa shape index (κ2) is 7.79. The predicted molar refractivity (Wildman–Crippen MR) is 116 cm³/mol. The number of hydrogen-bond acceptors (Lipinski definition) is 7. The Morgan fingerprint density at radius 3 is 2.64 bits per heavy atom. The van der Waals surface area contributed by atoms with Gasteiger partial charge in [0.05, 0.1) is 11.2 Å². The van der Waals surface area contributed by atoms with Crippen LogP contribution < -0.4 is 16.4 Å². The number of rotatable bonds is 3. The van der Waals surface area contributed by atoms with Gasteiger partial charge < -0.3 is 16.4 Å². The van der Waals surface area contributed by atoms with Gasteiger partial charge in [0.25, 0.3) is 0 Å². The molecule has 1 saturated carbocycles. The third kappa shape index (κ3) is 3.78. The zero-order valence-corrected chi connectivity index (χ0v) is 17.6. The second-order valence-electron chi connectivity index (χ2n) is 7.64. The van der Waals surface area contributed by atoms with E-state index in [4.69, 9.17) is 23.1 Å². The Bertz CT molecular complexity index is 908. The van der Waals surface area contributed by atoms with E-state index in [1.807, 2.05) is 0 Å². The van der Waals surface area contributed by atoms with Crippen molar-refractivity contribution in [1.82, 2.24) is 15.0 Å². The monoisotopic (exact) mass is 416 g/mol. The number of nitrogens with two attached hydrogens (primary N) is 2. The molecule has 1 aliphatic carbocycles. The number of piperidine rings is 1. The summed E-state index contributed by atoms with van der Waals surface area (Å²) in [5.74, 6) is 1.55. The zero-order valence-electron chi connectivity index (χ0n) is 16.0. The van der Waals surface area contributed by atoms with Gasteiger partial charge in [-0.2, -0.15) is 0 Å². The molecule has 148 valence electrons.